The third-order valence-electron chi connectivity index (χ3n) is 3.37. The minimum atomic E-state index is -4.94. The minimum Gasteiger partial charge on any atom is -0.386 e. The molecule has 0 aromatic heterocycles. The molecule has 0 spiro atoms. The Morgan fingerprint density at radius 3 is 2.28 bits per heavy atom. The zero-order valence-electron chi connectivity index (χ0n) is 12.9. The van der Waals surface area contributed by atoms with Crippen LogP contribution in [-0.2, 0) is 20.5 Å². The van der Waals surface area contributed by atoms with Crippen molar-refractivity contribution in [3.63, 3.8) is 0 Å². The van der Waals surface area contributed by atoms with E-state index >= 15 is 0 Å². The Morgan fingerprint density at radius 2 is 1.72 bits per heavy atom. The lowest BCUT2D eigenvalue weighted by molar-refractivity contribution is -0.140. The van der Waals surface area contributed by atoms with Crippen LogP contribution in [0.4, 0.5) is 17.6 Å². The fourth-order valence-corrected chi connectivity index (χ4v) is 2.90. The number of hydrogen-bond donors (Lipinski definition) is 1. The van der Waals surface area contributed by atoms with Gasteiger partial charge in [-0.2, -0.15) is 21.6 Å². The number of benzene rings is 2. The summed E-state index contributed by atoms with van der Waals surface area (Å²) in [5.41, 5.74) is -1.04. The number of halogens is 4. The predicted octanol–water partition coefficient (Wildman–Crippen LogP) is 3.59. The van der Waals surface area contributed by atoms with Gasteiger partial charge in [0.2, 0.25) is 0 Å². The standard InChI is InChI=1S/C16H14F4O4S/c1-10-2-5-12(6-3-10)25(22,23)24-9-15(21)11-4-7-14(17)13(8-11)16(18,19)20/h2-8,15,21H,9H2,1H3/t15-/m1/s1. The van der Waals surface area contributed by atoms with E-state index in [1.165, 1.54) is 12.1 Å². The van der Waals surface area contributed by atoms with Crippen LogP contribution in [0.25, 0.3) is 0 Å². The lowest BCUT2D eigenvalue weighted by Crippen LogP contribution is -2.15. The third-order valence-corrected chi connectivity index (χ3v) is 4.67. The van der Waals surface area contributed by atoms with Crippen molar-refractivity contribution in [3.8, 4) is 0 Å². The van der Waals surface area contributed by atoms with Crippen molar-refractivity contribution in [2.75, 3.05) is 6.61 Å². The molecule has 0 radical (unpaired) electrons. The maximum absolute atomic E-state index is 13.2. The van der Waals surface area contributed by atoms with E-state index < -0.39 is 40.4 Å². The molecule has 0 aliphatic heterocycles. The first-order valence-corrected chi connectivity index (χ1v) is 8.42. The summed E-state index contributed by atoms with van der Waals surface area (Å²) in [4.78, 5) is -0.152. The summed E-state index contributed by atoms with van der Waals surface area (Å²) in [6.07, 6.45) is -6.61. The summed E-state index contributed by atoms with van der Waals surface area (Å²) < 4.78 is 79.9. The number of hydrogen-bond acceptors (Lipinski definition) is 4. The lowest BCUT2D eigenvalue weighted by atomic mass is 10.1. The van der Waals surface area contributed by atoms with Gasteiger partial charge in [0.1, 0.15) is 11.9 Å². The van der Waals surface area contributed by atoms with Gasteiger partial charge in [-0.1, -0.05) is 23.8 Å². The summed E-state index contributed by atoms with van der Waals surface area (Å²) in [5.74, 6) is -1.49. The van der Waals surface area contributed by atoms with Crippen molar-refractivity contribution in [2.45, 2.75) is 24.1 Å². The second kappa shape index (κ2) is 7.11. The number of aryl methyl sites for hydroxylation is 1. The molecule has 0 amide bonds. The Kier molecular flexibility index (Phi) is 5.50. The topological polar surface area (TPSA) is 63.6 Å². The molecule has 2 rings (SSSR count). The molecule has 0 fully saturated rings. The van der Waals surface area contributed by atoms with Crippen LogP contribution < -0.4 is 0 Å². The van der Waals surface area contributed by atoms with Gasteiger partial charge in [0.05, 0.1) is 17.1 Å². The smallest absolute Gasteiger partial charge is 0.386 e. The molecule has 25 heavy (non-hydrogen) atoms. The summed E-state index contributed by atoms with van der Waals surface area (Å²) in [5, 5.41) is 9.88. The number of alkyl halides is 3. The molecule has 0 saturated carbocycles. The van der Waals surface area contributed by atoms with Crippen LogP contribution in [0.15, 0.2) is 47.4 Å². The maximum Gasteiger partial charge on any atom is 0.419 e. The highest BCUT2D eigenvalue weighted by atomic mass is 32.2. The van der Waals surface area contributed by atoms with Crippen molar-refractivity contribution >= 4 is 10.1 Å². The van der Waals surface area contributed by atoms with E-state index in [0.29, 0.717) is 12.1 Å². The normalized spacial score (nSPS) is 13.7. The molecule has 0 heterocycles. The average Bonchev–Trinajstić information content (AvgIpc) is 2.52. The number of aliphatic hydroxyl groups excluding tert-OH is 1. The second-order valence-electron chi connectivity index (χ2n) is 5.30. The fraction of sp³-hybridized carbons (Fsp3) is 0.250. The second-order valence-corrected chi connectivity index (χ2v) is 6.92. The quantitative estimate of drug-likeness (QED) is 0.638. The van der Waals surface area contributed by atoms with E-state index in [2.05, 4.69) is 4.18 Å². The van der Waals surface area contributed by atoms with Crippen molar-refractivity contribution < 1.29 is 35.3 Å². The van der Waals surface area contributed by atoms with Crippen LogP contribution >= 0.6 is 0 Å². The van der Waals surface area contributed by atoms with Crippen molar-refractivity contribution in [1.82, 2.24) is 0 Å². The van der Waals surface area contributed by atoms with Gasteiger partial charge >= 0.3 is 6.18 Å². The fourth-order valence-electron chi connectivity index (χ4n) is 1.99. The molecule has 2 aromatic rings. The molecule has 0 aliphatic rings. The Labute approximate surface area is 141 Å². The first kappa shape index (κ1) is 19.4. The molecule has 0 aliphatic carbocycles. The first-order chi connectivity index (χ1) is 11.5. The molecular weight excluding hydrogens is 364 g/mol. The van der Waals surface area contributed by atoms with Gasteiger partial charge in [-0.25, -0.2) is 4.39 Å². The SMILES string of the molecule is Cc1ccc(S(=O)(=O)OC[C@@H](O)c2ccc(F)c(C(F)(F)F)c2)cc1. The molecule has 2 aromatic carbocycles. The van der Waals surface area contributed by atoms with Crippen LogP contribution in [0.3, 0.4) is 0 Å². The molecule has 1 atom stereocenters. The summed E-state index contributed by atoms with van der Waals surface area (Å²) in [7, 11) is -4.18. The number of aliphatic hydroxyl groups is 1. The van der Waals surface area contributed by atoms with Crippen LogP contribution in [-0.4, -0.2) is 20.1 Å². The van der Waals surface area contributed by atoms with E-state index in [4.69, 9.17) is 0 Å². The van der Waals surface area contributed by atoms with Crippen molar-refractivity contribution in [2.24, 2.45) is 0 Å². The van der Waals surface area contributed by atoms with E-state index in [1.54, 1.807) is 19.1 Å². The molecule has 136 valence electrons. The van der Waals surface area contributed by atoms with Gasteiger partial charge in [-0.15, -0.1) is 0 Å². The van der Waals surface area contributed by atoms with Gasteiger partial charge < -0.3 is 5.11 Å². The van der Waals surface area contributed by atoms with Crippen LogP contribution in [0, 0.1) is 12.7 Å². The van der Waals surface area contributed by atoms with Crippen LogP contribution in [0.1, 0.15) is 22.8 Å². The Hall–Kier alpha value is -1.97. The molecule has 9 heteroatoms. The number of rotatable bonds is 5. The molecule has 4 nitrogen and oxygen atoms in total. The molecule has 0 saturated heterocycles. The summed E-state index contributed by atoms with van der Waals surface area (Å²) in [6.45, 7) is 0.951. The van der Waals surface area contributed by atoms with Gasteiger partial charge in [-0.3, -0.25) is 4.18 Å². The van der Waals surface area contributed by atoms with Gasteiger partial charge in [0.25, 0.3) is 10.1 Å². The van der Waals surface area contributed by atoms with Gasteiger partial charge in [0, 0.05) is 0 Å². The summed E-state index contributed by atoms with van der Waals surface area (Å²) >= 11 is 0. The maximum atomic E-state index is 13.2. The first-order valence-electron chi connectivity index (χ1n) is 7.01. The Balaban J connectivity index is 2.15. The Bertz CT molecular complexity index is 845. The molecule has 1 N–H and O–H groups in total. The highest BCUT2D eigenvalue weighted by Gasteiger charge is 2.34. The largest absolute Gasteiger partial charge is 0.419 e. The van der Waals surface area contributed by atoms with Gasteiger partial charge in [0.15, 0.2) is 0 Å². The van der Waals surface area contributed by atoms with E-state index in [9.17, 15) is 31.1 Å². The molecular formula is C16H14F4O4S. The van der Waals surface area contributed by atoms with Crippen molar-refractivity contribution in [3.05, 3.63) is 65.0 Å². The predicted molar refractivity (Wildman–Crippen MR) is 80.7 cm³/mol. The van der Waals surface area contributed by atoms with E-state index in [1.807, 2.05) is 0 Å². The van der Waals surface area contributed by atoms with E-state index in [0.717, 1.165) is 11.6 Å². The summed E-state index contributed by atoms with van der Waals surface area (Å²) in [6, 6.07) is 7.59. The zero-order chi connectivity index (χ0) is 18.8. The average molecular weight is 378 g/mol. The highest BCUT2D eigenvalue weighted by Crippen LogP contribution is 2.33. The third kappa shape index (κ3) is 4.77. The Morgan fingerprint density at radius 1 is 1.12 bits per heavy atom. The zero-order valence-corrected chi connectivity index (χ0v) is 13.7. The van der Waals surface area contributed by atoms with Crippen molar-refractivity contribution in [1.29, 1.82) is 0 Å². The molecule has 0 unspecified atom stereocenters. The molecule has 0 bridgehead atoms. The monoisotopic (exact) mass is 378 g/mol. The minimum absolute atomic E-state index is 0.152. The van der Waals surface area contributed by atoms with Gasteiger partial charge in [-0.05, 0) is 36.8 Å². The highest BCUT2D eigenvalue weighted by molar-refractivity contribution is 7.86. The lowest BCUT2D eigenvalue weighted by Gasteiger charge is -2.14. The van der Waals surface area contributed by atoms with Crippen LogP contribution in [0.2, 0.25) is 0 Å². The van der Waals surface area contributed by atoms with Crippen LogP contribution in [0.5, 0.6) is 0 Å². The van der Waals surface area contributed by atoms with E-state index in [-0.39, 0.29) is 10.5 Å².